The van der Waals surface area contributed by atoms with Crippen molar-refractivity contribution in [1.82, 2.24) is 19.7 Å². The second kappa shape index (κ2) is 8.61. The lowest BCUT2D eigenvalue weighted by atomic mass is 9.96. The maximum Gasteiger partial charge on any atom is 0.431 e. The third-order valence-electron chi connectivity index (χ3n) is 4.66. The maximum atomic E-state index is 14.0. The fourth-order valence-electron chi connectivity index (χ4n) is 3.53. The normalized spacial score (nSPS) is 12.3. The topological polar surface area (TPSA) is 64.2 Å². The van der Waals surface area contributed by atoms with E-state index in [0.29, 0.717) is 17.1 Å². The molecule has 2 aromatic heterocycles. The highest BCUT2D eigenvalue weighted by atomic mass is 35.5. The van der Waals surface area contributed by atoms with E-state index in [9.17, 15) is 18.0 Å². The highest BCUT2D eigenvalue weighted by Crippen LogP contribution is 2.38. The number of halogens is 4. The molecule has 2 heterocycles. The van der Waals surface area contributed by atoms with Gasteiger partial charge in [-0.2, -0.15) is 13.2 Å². The number of aromatic nitrogens is 3. The first-order valence-corrected chi connectivity index (χ1v) is 10.2. The summed E-state index contributed by atoms with van der Waals surface area (Å²) in [5.41, 5.74) is -0.754. The first-order chi connectivity index (χ1) is 14.8. The molecule has 0 spiro atoms. The number of nitrogens with zero attached hydrogens (tertiary/aromatic N) is 4. The number of amides is 1. The molecule has 0 radical (unpaired) electrons. The smallest absolute Gasteiger partial charge is 0.424 e. The number of rotatable bonds is 5. The van der Waals surface area contributed by atoms with Gasteiger partial charge in [0.25, 0.3) is 5.91 Å². The minimum atomic E-state index is -4.71. The molecule has 3 aromatic rings. The summed E-state index contributed by atoms with van der Waals surface area (Å²) < 4.78 is 48.3. The zero-order valence-electron chi connectivity index (χ0n) is 18.4. The largest absolute Gasteiger partial charge is 0.431 e. The Bertz CT molecular complexity index is 1110. The molecule has 6 nitrogen and oxygen atoms in total. The number of aryl methyl sites for hydroxylation is 1. The summed E-state index contributed by atoms with van der Waals surface area (Å²) >= 11 is 5.96. The van der Waals surface area contributed by atoms with Crippen LogP contribution >= 0.6 is 11.6 Å². The van der Waals surface area contributed by atoms with Crippen LogP contribution in [-0.2, 0) is 12.7 Å². The number of benzene rings is 1. The Kier molecular flexibility index (Phi) is 6.42. The van der Waals surface area contributed by atoms with E-state index < -0.39 is 24.3 Å². The van der Waals surface area contributed by atoms with Gasteiger partial charge in [0.2, 0.25) is 11.8 Å². The van der Waals surface area contributed by atoms with Crippen LogP contribution in [0.5, 0.6) is 0 Å². The fourth-order valence-corrected chi connectivity index (χ4v) is 3.65. The number of carbonyl (C=O) groups excluding carboxylic acids is 1. The third kappa shape index (κ3) is 5.32. The molecule has 0 saturated heterocycles. The van der Waals surface area contributed by atoms with E-state index in [-0.39, 0.29) is 28.5 Å². The zero-order valence-corrected chi connectivity index (χ0v) is 19.2. The molecule has 0 bridgehead atoms. The van der Waals surface area contributed by atoms with Crippen molar-refractivity contribution in [3.63, 3.8) is 0 Å². The SMILES string of the molecule is Cc1nnc(Cn2c(C(F)(F)F)cc(-c3ccc(Cl)cc3)c2C(=O)N(C)CC(C)(C)C)o1. The van der Waals surface area contributed by atoms with Crippen molar-refractivity contribution < 1.29 is 22.4 Å². The van der Waals surface area contributed by atoms with Crippen molar-refractivity contribution >= 4 is 17.5 Å². The molecule has 1 aromatic carbocycles. The Morgan fingerprint density at radius 2 is 1.78 bits per heavy atom. The van der Waals surface area contributed by atoms with Crippen LogP contribution in [0.15, 0.2) is 34.7 Å². The Labute approximate surface area is 189 Å². The Morgan fingerprint density at radius 3 is 2.28 bits per heavy atom. The molecule has 0 atom stereocenters. The van der Waals surface area contributed by atoms with Gasteiger partial charge >= 0.3 is 6.18 Å². The van der Waals surface area contributed by atoms with Gasteiger partial charge in [-0.25, -0.2) is 0 Å². The Balaban J connectivity index is 2.24. The van der Waals surface area contributed by atoms with Gasteiger partial charge in [-0.15, -0.1) is 10.2 Å². The molecule has 0 unspecified atom stereocenters. The monoisotopic (exact) mass is 468 g/mol. The molecule has 1 amide bonds. The van der Waals surface area contributed by atoms with Crippen LogP contribution in [0, 0.1) is 12.3 Å². The number of hydrogen-bond acceptors (Lipinski definition) is 4. The minimum Gasteiger partial charge on any atom is -0.424 e. The van der Waals surface area contributed by atoms with Gasteiger partial charge in [-0.3, -0.25) is 4.79 Å². The van der Waals surface area contributed by atoms with E-state index in [1.807, 2.05) is 20.8 Å². The standard InChI is InChI=1S/C22H24ClF3N4O2/c1-13-27-28-18(32-13)11-30-17(22(24,25)26)10-16(14-6-8-15(23)9-7-14)19(30)20(31)29(5)12-21(2,3)4/h6-10H,11-12H2,1-5H3. The zero-order chi connectivity index (χ0) is 23.8. The molecule has 0 aliphatic carbocycles. The van der Waals surface area contributed by atoms with Gasteiger partial charge in [-0.1, -0.05) is 44.5 Å². The van der Waals surface area contributed by atoms with Crippen molar-refractivity contribution in [3.05, 3.63) is 58.5 Å². The molecule has 0 saturated carbocycles. The molecule has 3 rings (SSSR count). The van der Waals surface area contributed by atoms with Crippen molar-refractivity contribution in [3.8, 4) is 11.1 Å². The minimum absolute atomic E-state index is 0.0289. The molecule has 172 valence electrons. The van der Waals surface area contributed by atoms with E-state index in [4.69, 9.17) is 16.0 Å². The van der Waals surface area contributed by atoms with Crippen molar-refractivity contribution in [1.29, 1.82) is 0 Å². The molecule has 0 fully saturated rings. The van der Waals surface area contributed by atoms with Crippen molar-refractivity contribution in [2.24, 2.45) is 5.41 Å². The van der Waals surface area contributed by atoms with Crippen LogP contribution < -0.4 is 0 Å². The van der Waals surface area contributed by atoms with E-state index in [2.05, 4.69) is 10.2 Å². The summed E-state index contributed by atoms with van der Waals surface area (Å²) in [6.45, 7) is 7.32. The summed E-state index contributed by atoms with van der Waals surface area (Å²) in [5.74, 6) is -0.355. The lowest BCUT2D eigenvalue weighted by Gasteiger charge is -2.27. The van der Waals surface area contributed by atoms with E-state index in [0.717, 1.165) is 10.6 Å². The van der Waals surface area contributed by atoms with Crippen molar-refractivity contribution in [2.75, 3.05) is 13.6 Å². The number of carbonyl (C=O) groups is 1. The highest BCUT2D eigenvalue weighted by molar-refractivity contribution is 6.30. The number of hydrogen-bond donors (Lipinski definition) is 0. The molecule has 0 aliphatic rings. The Hall–Kier alpha value is -2.81. The lowest BCUT2D eigenvalue weighted by molar-refractivity contribution is -0.143. The summed E-state index contributed by atoms with van der Waals surface area (Å²) in [4.78, 5) is 14.9. The molecule has 10 heteroatoms. The van der Waals surface area contributed by atoms with Gasteiger partial charge in [0.15, 0.2) is 0 Å². The molecular weight excluding hydrogens is 445 g/mol. The van der Waals surface area contributed by atoms with E-state index >= 15 is 0 Å². The van der Waals surface area contributed by atoms with Crippen molar-refractivity contribution in [2.45, 2.75) is 40.4 Å². The highest BCUT2D eigenvalue weighted by Gasteiger charge is 2.39. The van der Waals surface area contributed by atoms with Gasteiger partial charge < -0.3 is 13.9 Å². The predicted molar refractivity (Wildman–Crippen MR) is 114 cm³/mol. The summed E-state index contributed by atoms with van der Waals surface area (Å²) in [6, 6.07) is 7.27. The second-order valence-electron chi connectivity index (χ2n) is 8.82. The van der Waals surface area contributed by atoms with Crippen LogP contribution in [0.2, 0.25) is 5.02 Å². The average Bonchev–Trinajstić information content (AvgIpc) is 3.24. The first-order valence-electron chi connectivity index (χ1n) is 9.87. The van der Waals surface area contributed by atoms with Crippen LogP contribution in [0.1, 0.15) is 48.7 Å². The molecular formula is C22H24ClF3N4O2. The maximum absolute atomic E-state index is 14.0. The lowest BCUT2D eigenvalue weighted by Crippen LogP contribution is -2.36. The van der Waals surface area contributed by atoms with Crippen LogP contribution in [0.25, 0.3) is 11.1 Å². The van der Waals surface area contributed by atoms with Gasteiger partial charge in [0, 0.05) is 31.1 Å². The van der Waals surface area contributed by atoms with Crippen LogP contribution in [-0.4, -0.2) is 39.2 Å². The van der Waals surface area contributed by atoms with Crippen LogP contribution in [0.4, 0.5) is 13.2 Å². The molecule has 0 N–H and O–H groups in total. The van der Waals surface area contributed by atoms with E-state index in [1.165, 1.54) is 4.90 Å². The summed E-state index contributed by atoms with van der Waals surface area (Å²) in [6.07, 6.45) is -4.71. The second-order valence-corrected chi connectivity index (χ2v) is 9.26. The van der Waals surface area contributed by atoms with Gasteiger partial charge in [0.1, 0.15) is 17.9 Å². The van der Waals surface area contributed by atoms with Gasteiger partial charge in [-0.05, 0) is 29.2 Å². The number of alkyl halides is 3. The van der Waals surface area contributed by atoms with E-state index in [1.54, 1.807) is 38.2 Å². The first kappa shape index (κ1) is 23.8. The average molecular weight is 469 g/mol. The summed E-state index contributed by atoms with van der Waals surface area (Å²) in [7, 11) is 1.57. The quantitative estimate of drug-likeness (QED) is 0.483. The third-order valence-corrected chi connectivity index (χ3v) is 4.92. The summed E-state index contributed by atoms with van der Waals surface area (Å²) in [5, 5.41) is 7.94. The molecule has 0 aliphatic heterocycles. The molecule has 32 heavy (non-hydrogen) atoms. The predicted octanol–water partition coefficient (Wildman–Crippen LogP) is 5.69. The van der Waals surface area contributed by atoms with Crippen LogP contribution in [0.3, 0.4) is 0 Å². The Morgan fingerprint density at radius 1 is 1.16 bits per heavy atom. The fraction of sp³-hybridized carbons (Fsp3) is 0.409. The van der Waals surface area contributed by atoms with Gasteiger partial charge in [0.05, 0.1) is 0 Å².